The number of ether oxygens (including phenoxy) is 1. The van der Waals surface area contributed by atoms with Crippen LogP contribution >= 0.6 is 11.8 Å². The van der Waals surface area contributed by atoms with Gasteiger partial charge < -0.3 is 20.6 Å². The first kappa shape index (κ1) is 14.6. The molecule has 0 saturated carbocycles. The Bertz CT molecular complexity index is 253. The number of thioether (sulfide) groups is 1. The fourth-order valence-corrected chi connectivity index (χ4v) is 2.97. The van der Waals surface area contributed by atoms with Crippen molar-refractivity contribution in [2.45, 2.75) is 24.5 Å². The molecule has 0 aromatic rings. The summed E-state index contributed by atoms with van der Waals surface area (Å²) in [6, 6.07) is 0. The summed E-state index contributed by atoms with van der Waals surface area (Å²) in [4.78, 5) is 2.37. The topological polar surface area (TPSA) is 71.1 Å². The van der Waals surface area contributed by atoms with Gasteiger partial charge >= 0.3 is 0 Å². The Morgan fingerprint density at radius 3 is 2.65 bits per heavy atom. The van der Waals surface area contributed by atoms with E-state index in [1.807, 2.05) is 13.2 Å². The Hall–Kier alpha value is -0.460. The third-order valence-electron chi connectivity index (χ3n) is 3.38. The number of rotatable bonds is 6. The summed E-state index contributed by atoms with van der Waals surface area (Å²) < 4.78 is 5.16. The van der Waals surface area contributed by atoms with Crippen molar-refractivity contribution in [2.75, 3.05) is 39.1 Å². The summed E-state index contributed by atoms with van der Waals surface area (Å²) in [6.45, 7) is 6.48. The smallest absolute Gasteiger partial charge is 0.155 e. The Kier molecular flexibility index (Phi) is 6.08. The minimum Gasteiger partial charge on any atom is -0.409 e. The zero-order chi connectivity index (χ0) is 12.7. The van der Waals surface area contributed by atoms with Crippen molar-refractivity contribution in [1.29, 1.82) is 0 Å². The van der Waals surface area contributed by atoms with Crippen LogP contribution in [0.4, 0.5) is 0 Å². The van der Waals surface area contributed by atoms with E-state index in [9.17, 15) is 0 Å². The predicted molar refractivity (Wildman–Crippen MR) is 71.8 cm³/mol. The molecule has 0 aliphatic carbocycles. The highest BCUT2D eigenvalue weighted by Crippen LogP contribution is 2.34. The highest BCUT2D eigenvalue weighted by atomic mass is 32.2. The number of nitrogens with zero attached hydrogens (tertiary/aromatic N) is 2. The molecular formula is C11H23N3O2S. The van der Waals surface area contributed by atoms with E-state index >= 15 is 0 Å². The minimum atomic E-state index is -0.184. The molecule has 100 valence electrons. The molecule has 1 fully saturated rings. The minimum absolute atomic E-state index is 0.184. The molecular weight excluding hydrogens is 238 g/mol. The molecule has 5 nitrogen and oxygen atoms in total. The van der Waals surface area contributed by atoms with Crippen LogP contribution in [0.5, 0.6) is 0 Å². The Labute approximate surface area is 107 Å². The second-order valence-corrected chi connectivity index (χ2v) is 5.41. The van der Waals surface area contributed by atoms with Crippen molar-refractivity contribution in [3.63, 3.8) is 0 Å². The van der Waals surface area contributed by atoms with Gasteiger partial charge in [0, 0.05) is 13.2 Å². The molecule has 0 radical (unpaired) electrons. The molecule has 0 aromatic heterocycles. The first-order valence-corrected chi connectivity index (χ1v) is 7.24. The summed E-state index contributed by atoms with van der Waals surface area (Å²) in [5.41, 5.74) is 5.80. The third-order valence-corrected chi connectivity index (χ3v) is 4.78. The van der Waals surface area contributed by atoms with Gasteiger partial charge in [-0.1, -0.05) is 5.16 Å². The van der Waals surface area contributed by atoms with E-state index < -0.39 is 0 Å². The zero-order valence-electron chi connectivity index (χ0n) is 10.7. The van der Waals surface area contributed by atoms with Crippen molar-refractivity contribution >= 4 is 17.6 Å². The lowest BCUT2D eigenvalue weighted by Gasteiger charge is -2.39. The number of hydrogen-bond donors (Lipinski definition) is 2. The molecule has 0 spiro atoms. The standard InChI is InChI=1S/C11H23N3O2S/c1-3-16-9-8-14-6-4-11(17-2,5-7-14)10(12)13-15/h15H,3-9H2,1-2H3,(H2,12,13). The van der Waals surface area contributed by atoms with Gasteiger partial charge in [-0.2, -0.15) is 11.8 Å². The maximum absolute atomic E-state index is 8.84. The summed E-state index contributed by atoms with van der Waals surface area (Å²) in [7, 11) is 0. The van der Waals surface area contributed by atoms with Gasteiger partial charge in [0.25, 0.3) is 0 Å². The van der Waals surface area contributed by atoms with Crippen LogP contribution in [0.25, 0.3) is 0 Å². The fraction of sp³-hybridized carbons (Fsp3) is 0.909. The predicted octanol–water partition coefficient (Wildman–Crippen LogP) is 0.967. The normalized spacial score (nSPS) is 21.6. The first-order chi connectivity index (χ1) is 8.18. The van der Waals surface area contributed by atoms with E-state index in [-0.39, 0.29) is 4.75 Å². The summed E-state index contributed by atoms with van der Waals surface area (Å²) in [5.74, 6) is 0.356. The molecule has 1 saturated heterocycles. The molecule has 0 unspecified atom stereocenters. The molecule has 1 aliphatic rings. The lowest BCUT2D eigenvalue weighted by molar-refractivity contribution is 0.103. The van der Waals surface area contributed by atoms with E-state index in [4.69, 9.17) is 15.7 Å². The Morgan fingerprint density at radius 2 is 2.18 bits per heavy atom. The van der Waals surface area contributed by atoms with Gasteiger partial charge in [-0.25, -0.2) is 0 Å². The number of hydrogen-bond acceptors (Lipinski definition) is 5. The van der Waals surface area contributed by atoms with Crippen molar-refractivity contribution in [1.82, 2.24) is 4.90 Å². The molecule has 6 heteroatoms. The first-order valence-electron chi connectivity index (χ1n) is 6.01. The summed E-state index contributed by atoms with van der Waals surface area (Å²) >= 11 is 1.68. The van der Waals surface area contributed by atoms with Gasteiger partial charge in [-0.05, 0) is 39.1 Å². The molecule has 0 aromatic carbocycles. The lowest BCUT2D eigenvalue weighted by Crippen LogP contribution is -2.50. The quantitative estimate of drug-likeness (QED) is 0.245. The zero-order valence-corrected chi connectivity index (χ0v) is 11.5. The van der Waals surface area contributed by atoms with Crippen LogP contribution < -0.4 is 5.73 Å². The second kappa shape index (κ2) is 7.08. The highest BCUT2D eigenvalue weighted by molar-refractivity contribution is 8.00. The van der Waals surface area contributed by atoms with Gasteiger partial charge in [0.2, 0.25) is 0 Å². The molecule has 1 aliphatic heterocycles. The van der Waals surface area contributed by atoms with E-state index in [1.54, 1.807) is 11.8 Å². The molecule has 3 N–H and O–H groups in total. The lowest BCUT2D eigenvalue weighted by atomic mass is 9.94. The fourth-order valence-electron chi connectivity index (χ4n) is 2.13. The molecule has 1 rings (SSSR count). The second-order valence-electron chi connectivity index (χ2n) is 4.22. The SMILES string of the molecule is CCOCCN1CCC(SC)(C(N)=NO)CC1. The van der Waals surface area contributed by atoms with Gasteiger partial charge in [-0.15, -0.1) is 0 Å². The van der Waals surface area contributed by atoms with Gasteiger partial charge in [0.1, 0.15) is 0 Å². The van der Waals surface area contributed by atoms with Crippen LogP contribution in [0.3, 0.4) is 0 Å². The van der Waals surface area contributed by atoms with Gasteiger partial charge in [0.05, 0.1) is 11.4 Å². The van der Waals surface area contributed by atoms with E-state index in [0.29, 0.717) is 5.84 Å². The van der Waals surface area contributed by atoms with E-state index in [1.165, 1.54) is 0 Å². The average molecular weight is 261 g/mol. The molecule has 0 amide bonds. The average Bonchev–Trinajstić information content (AvgIpc) is 2.39. The van der Waals surface area contributed by atoms with Crippen molar-refractivity contribution < 1.29 is 9.94 Å². The number of piperidine rings is 1. The summed E-state index contributed by atoms with van der Waals surface area (Å²) in [6.07, 6.45) is 3.88. The maximum Gasteiger partial charge on any atom is 0.155 e. The van der Waals surface area contributed by atoms with E-state index in [2.05, 4.69) is 10.1 Å². The largest absolute Gasteiger partial charge is 0.409 e. The van der Waals surface area contributed by atoms with Crippen LogP contribution in [0, 0.1) is 0 Å². The van der Waals surface area contributed by atoms with Crippen LogP contribution in [0.1, 0.15) is 19.8 Å². The number of amidine groups is 1. The van der Waals surface area contributed by atoms with Crippen molar-refractivity contribution in [2.24, 2.45) is 10.9 Å². The van der Waals surface area contributed by atoms with Gasteiger partial charge in [0.15, 0.2) is 5.84 Å². The molecule has 1 heterocycles. The highest BCUT2D eigenvalue weighted by Gasteiger charge is 2.37. The summed E-state index contributed by atoms with van der Waals surface area (Å²) in [5, 5.41) is 12.0. The molecule has 0 atom stereocenters. The van der Waals surface area contributed by atoms with Crippen LogP contribution in [-0.4, -0.2) is 59.8 Å². The van der Waals surface area contributed by atoms with Crippen LogP contribution in [0.15, 0.2) is 5.16 Å². The van der Waals surface area contributed by atoms with Crippen molar-refractivity contribution in [3.8, 4) is 0 Å². The van der Waals surface area contributed by atoms with Crippen LogP contribution in [-0.2, 0) is 4.74 Å². The van der Waals surface area contributed by atoms with Crippen molar-refractivity contribution in [3.05, 3.63) is 0 Å². The maximum atomic E-state index is 8.84. The Morgan fingerprint density at radius 1 is 1.53 bits per heavy atom. The molecule has 17 heavy (non-hydrogen) atoms. The third kappa shape index (κ3) is 3.76. The Balaban J connectivity index is 2.42. The number of likely N-dealkylation sites (tertiary alicyclic amines) is 1. The van der Waals surface area contributed by atoms with E-state index in [0.717, 1.165) is 45.7 Å². The van der Waals surface area contributed by atoms with Crippen LogP contribution in [0.2, 0.25) is 0 Å². The number of nitrogens with two attached hydrogens (primary N) is 1. The number of oxime groups is 1. The van der Waals surface area contributed by atoms with Gasteiger partial charge in [-0.3, -0.25) is 0 Å². The monoisotopic (exact) mass is 261 g/mol. The molecule has 0 bridgehead atoms.